The molecule has 1 aliphatic rings. The lowest BCUT2D eigenvalue weighted by Gasteiger charge is -2.19. The Morgan fingerprint density at radius 1 is 1.50 bits per heavy atom. The Morgan fingerprint density at radius 3 is 2.96 bits per heavy atom. The van der Waals surface area contributed by atoms with E-state index in [0.29, 0.717) is 26.6 Å². The standard InChI is InChI=1S/C16H16ClF2NO3S/c1-8(11-3-2-6-22-11)20-15(21)14-13(17)10-5-4-9(23-16(18)19)7-12(10)24-14/h4-5,7-8,11,16H,2-3,6H2,1H3,(H,20,21)/t8-,11-/m0/s1. The lowest BCUT2D eigenvalue weighted by atomic mass is 10.1. The van der Waals surface area contributed by atoms with Crippen molar-refractivity contribution < 1.29 is 23.0 Å². The minimum atomic E-state index is -2.90. The average Bonchev–Trinajstić information content (AvgIpc) is 3.15. The molecule has 1 saturated heterocycles. The molecule has 8 heteroatoms. The first-order valence-corrected chi connectivity index (χ1v) is 8.74. The molecule has 0 radical (unpaired) electrons. The van der Waals surface area contributed by atoms with Gasteiger partial charge < -0.3 is 14.8 Å². The Balaban J connectivity index is 1.80. The van der Waals surface area contributed by atoms with E-state index < -0.39 is 6.61 Å². The third kappa shape index (κ3) is 3.63. The molecule has 1 aromatic carbocycles. The second-order valence-electron chi connectivity index (χ2n) is 5.60. The summed E-state index contributed by atoms with van der Waals surface area (Å²) in [5.41, 5.74) is 0. The molecule has 2 aromatic rings. The van der Waals surface area contributed by atoms with Crippen LogP contribution in [0.25, 0.3) is 10.1 Å². The van der Waals surface area contributed by atoms with Crippen LogP contribution in [0.15, 0.2) is 18.2 Å². The molecular formula is C16H16ClF2NO3S. The van der Waals surface area contributed by atoms with E-state index in [1.54, 1.807) is 6.07 Å². The van der Waals surface area contributed by atoms with Gasteiger partial charge in [-0.1, -0.05) is 11.6 Å². The van der Waals surface area contributed by atoms with Gasteiger partial charge in [-0.25, -0.2) is 0 Å². The van der Waals surface area contributed by atoms with Crippen molar-refractivity contribution in [2.45, 2.75) is 38.5 Å². The molecule has 4 nitrogen and oxygen atoms in total. The van der Waals surface area contributed by atoms with Gasteiger partial charge in [-0.3, -0.25) is 4.79 Å². The lowest BCUT2D eigenvalue weighted by Crippen LogP contribution is -2.40. The van der Waals surface area contributed by atoms with Gasteiger partial charge in [-0.05, 0) is 38.0 Å². The van der Waals surface area contributed by atoms with Crippen molar-refractivity contribution in [1.29, 1.82) is 0 Å². The molecule has 0 spiro atoms. The Morgan fingerprint density at radius 2 is 2.29 bits per heavy atom. The second-order valence-corrected chi connectivity index (χ2v) is 7.03. The quantitative estimate of drug-likeness (QED) is 0.839. The molecule has 0 saturated carbocycles. The van der Waals surface area contributed by atoms with Crippen LogP contribution in [0.4, 0.5) is 8.78 Å². The molecule has 2 atom stereocenters. The molecule has 1 aromatic heterocycles. The van der Waals surface area contributed by atoms with Gasteiger partial charge in [-0.15, -0.1) is 11.3 Å². The Kier molecular flexibility index (Phi) is 5.22. The molecule has 24 heavy (non-hydrogen) atoms. The number of thiophene rings is 1. The summed E-state index contributed by atoms with van der Waals surface area (Å²) in [7, 11) is 0. The molecule has 130 valence electrons. The smallest absolute Gasteiger partial charge is 0.387 e. The van der Waals surface area contributed by atoms with Crippen LogP contribution in [-0.2, 0) is 4.74 Å². The fourth-order valence-electron chi connectivity index (χ4n) is 2.73. The van der Waals surface area contributed by atoms with Crippen molar-refractivity contribution in [3.05, 3.63) is 28.1 Å². The van der Waals surface area contributed by atoms with Crippen LogP contribution in [-0.4, -0.2) is 31.3 Å². The molecule has 1 fully saturated rings. The number of ether oxygens (including phenoxy) is 2. The van der Waals surface area contributed by atoms with Crippen molar-refractivity contribution in [3.63, 3.8) is 0 Å². The highest BCUT2D eigenvalue weighted by Gasteiger charge is 2.26. The molecule has 1 aliphatic heterocycles. The van der Waals surface area contributed by atoms with Crippen LogP contribution in [0.3, 0.4) is 0 Å². The molecule has 0 bridgehead atoms. The first-order valence-electron chi connectivity index (χ1n) is 7.55. The maximum atomic E-state index is 12.5. The third-order valence-corrected chi connectivity index (χ3v) is 5.57. The largest absolute Gasteiger partial charge is 0.435 e. The third-order valence-electron chi connectivity index (χ3n) is 3.91. The molecule has 0 unspecified atom stereocenters. The summed E-state index contributed by atoms with van der Waals surface area (Å²) < 4.78 is 35.2. The summed E-state index contributed by atoms with van der Waals surface area (Å²) in [6.45, 7) is -0.293. The summed E-state index contributed by atoms with van der Waals surface area (Å²) in [4.78, 5) is 12.8. The van der Waals surface area contributed by atoms with Crippen molar-refractivity contribution in [3.8, 4) is 5.75 Å². The van der Waals surface area contributed by atoms with Crippen molar-refractivity contribution in [2.75, 3.05) is 6.61 Å². The SMILES string of the molecule is C[C@H](NC(=O)c1sc2cc(OC(F)F)ccc2c1Cl)[C@@H]1CCCO1. The van der Waals surface area contributed by atoms with Crippen LogP contribution >= 0.6 is 22.9 Å². The van der Waals surface area contributed by atoms with Gasteiger partial charge in [0.1, 0.15) is 10.6 Å². The number of alkyl halides is 2. The topological polar surface area (TPSA) is 47.6 Å². The minimum absolute atomic E-state index is 0.00754. The molecule has 1 N–H and O–H groups in total. The highest BCUT2D eigenvalue weighted by Crippen LogP contribution is 2.37. The summed E-state index contributed by atoms with van der Waals surface area (Å²) in [5.74, 6) is -0.254. The van der Waals surface area contributed by atoms with E-state index >= 15 is 0 Å². The zero-order valence-corrected chi connectivity index (χ0v) is 14.4. The highest BCUT2D eigenvalue weighted by atomic mass is 35.5. The number of rotatable bonds is 5. The number of halogens is 3. The number of fused-ring (bicyclic) bond motifs is 1. The van der Waals surface area contributed by atoms with Gasteiger partial charge in [-0.2, -0.15) is 8.78 Å². The first-order chi connectivity index (χ1) is 11.5. The zero-order chi connectivity index (χ0) is 17.3. The monoisotopic (exact) mass is 375 g/mol. The summed E-state index contributed by atoms with van der Waals surface area (Å²) >= 11 is 7.43. The number of amides is 1. The van der Waals surface area contributed by atoms with Gasteiger partial charge in [0.2, 0.25) is 0 Å². The lowest BCUT2D eigenvalue weighted by molar-refractivity contribution is -0.0497. The summed E-state index contributed by atoms with van der Waals surface area (Å²) in [6.07, 6.45) is 1.91. The van der Waals surface area contributed by atoms with Crippen LogP contribution in [0.1, 0.15) is 29.4 Å². The predicted molar refractivity (Wildman–Crippen MR) is 89.4 cm³/mol. The maximum Gasteiger partial charge on any atom is 0.387 e. The van der Waals surface area contributed by atoms with Crippen molar-refractivity contribution in [1.82, 2.24) is 5.32 Å². The Labute approximate surface area is 146 Å². The number of carbonyl (C=O) groups is 1. The molecular weight excluding hydrogens is 360 g/mol. The number of nitrogens with one attached hydrogen (secondary N) is 1. The van der Waals surface area contributed by atoms with E-state index in [9.17, 15) is 13.6 Å². The van der Waals surface area contributed by atoms with Crippen molar-refractivity contribution in [2.24, 2.45) is 0 Å². The minimum Gasteiger partial charge on any atom is -0.435 e. The van der Waals surface area contributed by atoms with E-state index in [-0.39, 0.29) is 23.8 Å². The Hall–Kier alpha value is -1.44. The van der Waals surface area contributed by atoms with Crippen LogP contribution in [0.2, 0.25) is 5.02 Å². The molecule has 0 aliphatic carbocycles. The fraction of sp³-hybridized carbons (Fsp3) is 0.438. The average molecular weight is 376 g/mol. The van der Waals surface area contributed by atoms with E-state index in [4.69, 9.17) is 16.3 Å². The molecule has 1 amide bonds. The summed E-state index contributed by atoms with van der Waals surface area (Å²) in [5, 5.41) is 3.85. The van der Waals surface area contributed by atoms with E-state index in [0.717, 1.165) is 24.2 Å². The van der Waals surface area contributed by atoms with Gasteiger partial charge in [0, 0.05) is 16.7 Å². The maximum absolute atomic E-state index is 12.5. The molecule has 3 rings (SSSR count). The second kappa shape index (κ2) is 7.21. The van der Waals surface area contributed by atoms with Gasteiger partial charge >= 0.3 is 6.61 Å². The zero-order valence-electron chi connectivity index (χ0n) is 12.9. The first kappa shape index (κ1) is 17.4. The van der Waals surface area contributed by atoms with Gasteiger partial charge in [0.25, 0.3) is 5.91 Å². The summed E-state index contributed by atoms with van der Waals surface area (Å²) in [6, 6.07) is 4.31. The number of carbonyl (C=O) groups excluding carboxylic acids is 1. The van der Waals surface area contributed by atoms with E-state index in [1.165, 1.54) is 12.1 Å². The van der Waals surface area contributed by atoms with E-state index in [1.807, 2.05) is 6.92 Å². The van der Waals surface area contributed by atoms with Crippen LogP contribution in [0, 0.1) is 0 Å². The molecule has 2 heterocycles. The predicted octanol–water partition coefficient (Wildman–Crippen LogP) is 4.45. The fourth-order valence-corrected chi connectivity index (χ4v) is 4.18. The van der Waals surface area contributed by atoms with E-state index in [2.05, 4.69) is 10.1 Å². The van der Waals surface area contributed by atoms with Gasteiger partial charge in [0.05, 0.1) is 17.2 Å². The number of hydrogen-bond acceptors (Lipinski definition) is 4. The normalized spacial score (nSPS) is 19.0. The highest BCUT2D eigenvalue weighted by molar-refractivity contribution is 7.21. The Bertz CT molecular complexity index is 746. The number of hydrogen-bond donors (Lipinski definition) is 1. The van der Waals surface area contributed by atoms with Crippen molar-refractivity contribution >= 4 is 38.9 Å². The number of benzene rings is 1. The van der Waals surface area contributed by atoms with Crippen LogP contribution < -0.4 is 10.1 Å². The van der Waals surface area contributed by atoms with Gasteiger partial charge in [0.15, 0.2) is 0 Å². The van der Waals surface area contributed by atoms with Crippen LogP contribution in [0.5, 0.6) is 5.75 Å².